The second-order valence-corrected chi connectivity index (χ2v) is 5.53. The van der Waals surface area contributed by atoms with E-state index < -0.39 is 17.3 Å². The van der Waals surface area contributed by atoms with Crippen molar-refractivity contribution in [2.45, 2.75) is 34.1 Å². The van der Waals surface area contributed by atoms with Gasteiger partial charge in [-0.25, -0.2) is 0 Å². The van der Waals surface area contributed by atoms with Gasteiger partial charge in [0.05, 0.1) is 19.8 Å². The van der Waals surface area contributed by atoms with Gasteiger partial charge in [-0.15, -0.1) is 6.58 Å². The van der Waals surface area contributed by atoms with Crippen LogP contribution in [0.1, 0.15) is 34.1 Å². The lowest BCUT2D eigenvalue weighted by Crippen LogP contribution is -2.44. The second-order valence-electron chi connectivity index (χ2n) is 5.53. The molecular weight excluding hydrogens is 258 g/mol. The molecule has 0 saturated carbocycles. The van der Waals surface area contributed by atoms with E-state index >= 15 is 0 Å². The Labute approximate surface area is 121 Å². The largest absolute Gasteiger partial charge is 0.465 e. The minimum absolute atomic E-state index is 0.267. The first-order valence-corrected chi connectivity index (χ1v) is 6.97. The molecule has 0 spiro atoms. The van der Waals surface area contributed by atoms with Gasteiger partial charge in [-0.2, -0.15) is 0 Å². The van der Waals surface area contributed by atoms with E-state index in [2.05, 4.69) is 11.9 Å². The van der Waals surface area contributed by atoms with Crippen molar-refractivity contribution in [3.05, 3.63) is 12.7 Å². The third-order valence-electron chi connectivity index (χ3n) is 2.66. The lowest BCUT2D eigenvalue weighted by atomic mass is 9.80. The standard InChI is InChI=1S/C15H27NO4/c1-6-8-10-19-11-9-16-13(17)12(15(3,4)5)14(18)20-7-2/h6,12H,1,7-11H2,2-5H3,(H,16,17). The van der Waals surface area contributed by atoms with Crippen molar-refractivity contribution in [2.24, 2.45) is 11.3 Å². The van der Waals surface area contributed by atoms with Crippen LogP contribution in [0, 0.1) is 11.3 Å². The summed E-state index contributed by atoms with van der Waals surface area (Å²) >= 11 is 0. The Hall–Kier alpha value is -1.36. The summed E-state index contributed by atoms with van der Waals surface area (Å²) in [4.78, 5) is 24.0. The van der Waals surface area contributed by atoms with E-state index in [1.165, 1.54) is 0 Å². The number of hydrogen-bond acceptors (Lipinski definition) is 4. The molecule has 1 unspecified atom stereocenters. The van der Waals surface area contributed by atoms with Gasteiger partial charge in [0.15, 0.2) is 0 Å². The molecule has 5 nitrogen and oxygen atoms in total. The fourth-order valence-electron chi connectivity index (χ4n) is 1.70. The van der Waals surface area contributed by atoms with Gasteiger partial charge in [-0.3, -0.25) is 9.59 Å². The number of rotatable bonds is 9. The van der Waals surface area contributed by atoms with E-state index in [0.29, 0.717) is 19.8 Å². The average Bonchev–Trinajstić information content (AvgIpc) is 2.32. The van der Waals surface area contributed by atoms with Crippen molar-refractivity contribution >= 4 is 11.9 Å². The van der Waals surface area contributed by atoms with E-state index in [1.807, 2.05) is 20.8 Å². The van der Waals surface area contributed by atoms with Crippen LogP contribution < -0.4 is 5.32 Å². The van der Waals surface area contributed by atoms with Crippen LogP contribution in [0.25, 0.3) is 0 Å². The highest BCUT2D eigenvalue weighted by molar-refractivity contribution is 5.98. The van der Waals surface area contributed by atoms with Crippen molar-refractivity contribution in [1.82, 2.24) is 5.32 Å². The summed E-state index contributed by atoms with van der Waals surface area (Å²) in [6.45, 7) is 12.5. The minimum Gasteiger partial charge on any atom is -0.465 e. The number of ether oxygens (including phenoxy) is 2. The maximum Gasteiger partial charge on any atom is 0.319 e. The minimum atomic E-state index is -0.810. The summed E-state index contributed by atoms with van der Waals surface area (Å²) in [5, 5.41) is 2.71. The summed E-state index contributed by atoms with van der Waals surface area (Å²) in [6, 6.07) is 0. The zero-order valence-corrected chi connectivity index (χ0v) is 13.0. The van der Waals surface area contributed by atoms with Gasteiger partial charge in [-0.05, 0) is 18.8 Å². The Morgan fingerprint density at radius 2 is 1.95 bits per heavy atom. The maximum atomic E-state index is 12.1. The number of hydrogen-bond donors (Lipinski definition) is 1. The Morgan fingerprint density at radius 3 is 2.45 bits per heavy atom. The molecule has 0 aliphatic heterocycles. The molecule has 0 aliphatic rings. The lowest BCUT2D eigenvalue weighted by Gasteiger charge is -2.27. The Morgan fingerprint density at radius 1 is 1.30 bits per heavy atom. The maximum absolute atomic E-state index is 12.1. The first-order valence-electron chi connectivity index (χ1n) is 6.97. The van der Waals surface area contributed by atoms with Crippen molar-refractivity contribution < 1.29 is 19.1 Å². The topological polar surface area (TPSA) is 64.6 Å². The quantitative estimate of drug-likeness (QED) is 0.304. The first-order chi connectivity index (χ1) is 9.34. The van der Waals surface area contributed by atoms with Crippen LogP contribution in [0.2, 0.25) is 0 Å². The van der Waals surface area contributed by atoms with Gasteiger partial charge in [0.2, 0.25) is 5.91 Å². The number of carbonyl (C=O) groups excluding carboxylic acids is 2. The van der Waals surface area contributed by atoms with Crippen molar-refractivity contribution in [1.29, 1.82) is 0 Å². The molecule has 20 heavy (non-hydrogen) atoms. The second kappa shape index (κ2) is 9.53. The average molecular weight is 285 g/mol. The molecule has 0 fully saturated rings. The fraction of sp³-hybridized carbons (Fsp3) is 0.733. The fourth-order valence-corrected chi connectivity index (χ4v) is 1.70. The van der Waals surface area contributed by atoms with Gasteiger partial charge in [0.1, 0.15) is 5.92 Å². The van der Waals surface area contributed by atoms with E-state index in [-0.39, 0.29) is 12.5 Å². The predicted octanol–water partition coefficient (Wildman–Crippen LogP) is 1.92. The number of carbonyl (C=O) groups is 2. The molecule has 0 radical (unpaired) electrons. The number of esters is 1. The van der Waals surface area contributed by atoms with Crippen molar-refractivity contribution in [3.63, 3.8) is 0 Å². The number of nitrogens with one attached hydrogen (secondary N) is 1. The smallest absolute Gasteiger partial charge is 0.319 e. The molecule has 1 N–H and O–H groups in total. The van der Waals surface area contributed by atoms with E-state index in [1.54, 1.807) is 13.0 Å². The lowest BCUT2D eigenvalue weighted by molar-refractivity contribution is -0.156. The van der Waals surface area contributed by atoms with Crippen LogP contribution in [0.5, 0.6) is 0 Å². The molecule has 1 amide bonds. The van der Waals surface area contributed by atoms with Crippen LogP contribution in [0.3, 0.4) is 0 Å². The summed E-state index contributed by atoms with van der Waals surface area (Å²) < 4.78 is 10.3. The van der Waals surface area contributed by atoms with Crippen LogP contribution in [-0.4, -0.2) is 38.2 Å². The molecule has 0 heterocycles. The Bertz CT molecular complexity index is 320. The monoisotopic (exact) mass is 285 g/mol. The predicted molar refractivity (Wildman–Crippen MR) is 78.2 cm³/mol. The third-order valence-corrected chi connectivity index (χ3v) is 2.66. The normalized spacial score (nSPS) is 12.6. The molecule has 116 valence electrons. The molecule has 0 saturated heterocycles. The molecule has 0 aromatic heterocycles. The van der Waals surface area contributed by atoms with E-state index in [0.717, 1.165) is 6.42 Å². The molecule has 5 heteroatoms. The Kier molecular flexibility index (Phi) is 8.88. The summed E-state index contributed by atoms with van der Waals surface area (Å²) in [6.07, 6.45) is 2.55. The van der Waals surface area contributed by atoms with Crippen LogP contribution in [0.15, 0.2) is 12.7 Å². The first kappa shape index (κ1) is 18.6. The molecule has 1 atom stereocenters. The number of amides is 1. The van der Waals surface area contributed by atoms with Crippen molar-refractivity contribution in [3.8, 4) is 0 Å². The molecule has 0 aromatic rings. The highest BCUT2D eigenvalue weighted by Gasteiger charge is 2.38. The highest BCUT2D eigenvalue weighted by atomic mass is 16.5. The van der Waals surface area contributed by atoms with Gasteiger partial charge in [0, 0.05) is 6.54 Å². The zero-order valence-electron chi connectivity index (χ0n) is 13.0. The summed E-state index contributed by atoms with van der Waals surface area (Å²) in [7, 11) is 0. The molecule has 0 rings (SSSR count). The van der Waals surface area contributed by atoms with Crippen molar-refractivity contribution in [2.75, 3.05) is 26.4 Å². The van der Waals surface area contributed by atoms with Gasteiger partial charge in [-0.1, -0.05) is 26.8 Å². The van der Waals surface area contributed by atoms with Crippen LogP contribution >= 0.6 is 0 Å². The van der Waals surface area contributed by atoms with Gasteiger partial charge >= 0.3 is 5.97 Å². The highest BCUT2D eigenvalue weighted by Crippen LogP contribution is 2.27. The van der Waals surface area contributed by atoms with E-state index in [9.17, 15) is 9.59 Å². The van der Waals surface area contributed by atoms with E-state index in [4.69, 9.17) is 9.47 Å². The van der Waals surface area contributed by atoms with Crippen LogP contribution in [-0.2, 0) is 19.1 Å². The Balaban J connectivity index is 4.29. The summed E-state index contributed by atoms with van der Waals surface area (Å²) in [5.41, 5.74) is -0.486. The van der Waals surface area contributed by atoms with Gasteiger partial charge in [0.25, 0.3) is 0 Å². The molecular formula is C15H27NO4. The molecule has 0 aliphatic carbocycles. The van der Waals surface area contributed by atoms with Gasteiger partial charge < -0.3 is 14.8 Å². The van der Waals surface area contributed by atoms with Crippen LogP contribution in [0.4, 0.5) is 0 Å². The summed E-state index contributed by atoms with van der Waals surface area (Å²) in [5.74, 6) is -1.61. The third kappa shape index (κ3) is 7.28. The SMILES string of the molecule is C=CCCOCCNC(=O)C(C(=O)OCC)C(C)(C)C. The molecule has 0 aromatic carbocycles. The zero-order chi connectivity index (χ0) is 15.6. The molecule has 0 bridgehead atoms.